The third-order valence-electron chi connectivity index (χ3n) is 2.87. The summed E-state index contributed by atoms with van der Waals surface area (Å²) >= 11 is 0. The number of nitrogens with one attached hydrogen (secondary N) is 1. The van der Waals surface area contributed by atoms with E-state index in [1.807, 2.05) is 30.3 Å². The van der Waals surface area contributed by atoms with Gasteiger partial charge in [-0.25, -0.2) is 0 Å². The molecule has 0 aromatic heterocycles. The largest absolute Gasteiger partial charge is 0.479 e. The molecule has 1 unspecified atom stereocenters. The van der Waals surface area contributed by atoms with Crippen molar-refractivity contribution in [2.75, 3.05) is 6.61 Å². The maximum Gasteiger partial charge on any atom is 0.174 e. The van der Waals surface area contributed by atoms with E-state index in [0.717, 1.165) is 12.3 Å². The minimum Gasteiger partial charge on any atom is -0.479 e. The van der Waals surface area contributed by atoms with Gasteiger partial charge < -0.3 is 10.1 Å². The van der Waals surface area contributed by atoms with Crippen molar-refractivity contribution in [3.05, 3.63) is 29.8 Å². The van der Waals surface area contributed by atoms with Crippen molar-refractivity contribution in [2.45, 2.75) is 45.7 Å². The van der Waals surface area contributed by atoms with E-state index >= 15 is 0 Å². The molecule has 1 atom stereocenters. The summed E-state index contributed by atoms with van der Waals surface area (Å²) in [5, 5.41) is 11.9. The van der Waals surface area contributed by atoms with Gasteiger partial charge in [-0.3, -0.25) is 0 Å². The predicted molar refractivity (Wildman–Crippen MR) is 73.4 cm³/mol. The lowest BCUT2D eigenvalue weighted by atomic mass is 10.1. The fourth-order valence-corrected chi connectivity index (χ4v) is 1.72. The molecule has 0 heterocycles. The molecule has 0 aliphatic rings. The van der Waals surface area contributed by atoms with Crippen LogP contribution >= 0.6 is 0 Å². The molecule has 0 saturated heterocycles. The fraction of sp³-hybridized carbons (Fsp3) is 0.533. The molecule has 0 spiro atoms. The van der Waals surface area contributed by atoms with Gasteiger partial charge >= 0.3 is 0 Å². The van der Waals surface area contributed by atoms with Crippen LogP contribution < -0.4 is 10.1 Å². The van der Waals surface area contributed by atoms with Gasteiger partial charge in [0.15, 0.2) is 6.61 Å². The molecule has 18 heavy (non-hydrogen) atoms. The van der Waals surface area contributed by atoms with Crippen LogP contribution in [0.25, 0.3) is 0 Å². The number of benzene rings is 1. The van der Waals surface area contributed by atoms with Gasteiger partial charge in [0.2, 0.25) is 0 Å². The van der Waals surface area contributed by atoms with E-state index in [2.05, 4.69) is 19.2 Å². The highest BCUT2D eigenvalue weighted by atomic mass is 16.5. The van der Waals surface area contributed by atoms with E-state index in [1.165, 1.54) is 24.8 Å². The summed E-state index contributed by atoms with van der Waals surface area (Å²) in [5.41, 5.74) is 1.24. The minimum absolute atomic E-state index is 0.103. The number of unbranched alkanes of at least 4 members (excludes halogenated alkanes) is 1. The van der Waals surface area contributed by atoms with Crippen LogP contribution in [0.2, 0.25) is 0 Å². The van der Waals surface area contributed by atoms with Crippen LogP contribution in [0.15, 0.2) is 24.3 Å². The van der Waals surface area contributed by atoms with Gasteiger partial charge in [-0.1, -0.05) is 31.9 Å². The van der Waals surface area contributed by atoms with Crippen LogP contribution in [0.4, 0.5) is 0 Å². The molecule has 0 bridgehead atoms. The zero-order valence-electron chi connectivity index (χ0n) is 11.3. The zero-order valence-corrected chi connectivity index (χ0v) is 11.3. The lowest BCUT2D eigenvalue weighted by molar-refractivity contribution is 0.368. The highest BCUT2D eigenvalue weighted by Gasteiger charge is 2.01. The third-order valence-corrected chi connectivity index (χ3v) is 2.87. The van der Waals surface area contributed by atoms with Gasteiger partial charge in [-0.15, -0.1) is 0 Å². The first-order valence-corrected chi connectivity index (χ1v) is 6.58. The van der Waals surface area contributed by atoms with Crippen LogP contribution in [0.1, 0.15) is 38.7 Å². The molecule has 0 amide bonds. The molecule has 0 aliphatic heterocycles. The molecule has 1 rings (SSSR count). The first-order valence-electron chi connectivity index (χ1n) is 6.58. The van der Waals surface area contributed by atoms with Gasteiger partial charge in [-0.05, 0) is 31.0 Å². The summed E-state index contributed by atoms with van der Waals surface area (Å²) in [6, 6.07) is 10.4. The lowest BCUT2D eigenvalue weighted by Gasteiger charge is -2.13. The topological polar surface area (TPSA) is 45.0 Å². The molecule has 0 aliphatic carbocycles. The average molecular weight is 246 g/mol. The normalized spacial score (nSPS) is 11.8. The number of rotatable bonds is 8. The number of ether oxygens (including phenoxy) is 1. The van der Waals surface area contributed by atoms with Crippen molar-refractivity contribution in [1.82, 2.24) is 5.32 Å². The van der Waals surface area contributed by atoms with Crippen LogP contribution in [0.3, 0.4) is 0 Å². The maximum atomic E-state index is 8.41. The Morgan fingerprint density at radius 1 is 1.33 bits per heavy atom. The van der Waals surface area contributed by atoms with Crippen molar-refractivity contribution in [3.8, 4) is 11.8 Å². The molecule has 3 heteroatoms. The smallest absolute Gasteiger partial charge is 0.174 e. The second-order valence-corrected chi connectivity index (χ2v) is 4.51. The van der Waals surface area contributed by atoms with Gasteiger partial charge in [0.25, 0.3) is 0 Å². The van der Waals surface area contributed by atoms with E-state index < -0.39 is 0 Å². The SMILES string of the molecule is CCCCC(C)NCc1ccc(OCC#N)cc1. The van der Waals surface area contributed by atoms with Gasteiger partial charge in [0.1, 0.15) is 11.8 Å². The molecule has 1 N–H and O–H groups in total. The molecular weight excluding hydrogens is 224 g/mol. The van der Waals surface area contributed by atoms with E-state index in [-0.39, 0.29) is 6.61 Å². The molecule has 1 aromatic rings. The number of nitriles is 1. The molecule has 3 nitrogen and oxygen atoms in total. The molecule has 98 valence electrons. The third kappa shape index (κ3) is 5.70. The highest BCUT2D eigenvalue weighted by molar-refractivity contribution is 5.27. The summed E-state index contributed by atoms with van der Waals surface area (Å²) in [7, 11) is 0. The van der Waals surface area contributed by atoms with Crippen LogP contribution in [-0.2, 0) is 6.54 Å². The summed E-state index contributed by atoms with van der Waals surface area (Å²) < 4.78 is 5.21. The first-order chi connectivity index (χ1) is 8.76. The number of hydrogen-bond acceptors (Lipinski definition) is 3. The van der Waals surface area contributed by atoms with E-state index in [0.29, 0.717) is 6.04 Å². The Bertz CT molecular complexity index is 367. The standard InChI is InChI=1S/C15H22N2O/c1-3-4-5-13(2)17-12-14-6-8-15(9-7-14)18-11-10-16/h6-9,13,17H,3-5,11-12H2,1-2H3. The Morgan fingerprint density at radius 3 is 2.67 bits per heavy atom. The summed E-state index contributed by atoms with van der Waals surface area (Å²) in [6.07, 6.45) is 3.74. The van der Waals surface area contributed by atoms with Crippen LogP contribution in [-0.4, -0.2) is 12.6 Å². The van der Waals surface area contributed by atoms with Crippen LogP contribution in [0, 0.1) is 11.3 Å². The second kappa shape index (κ2) is 8.54. The summed E-state index contributed by atoms with van der Waals surface area (Å²) in [4.78, 5) is 0. The molecule has 0 fully saturated rings. The van der Waals surface area contributed by atoms with Crippen molar-refractivity contribution in [1.29, 1.82) is 5.26 Å². The maximum absolute atomic E-state index is 8.41. The van der Waals surface area contributed by atoms with Crippen molar-refractivity contribution in [2.24, 2.45) is 0 Å². The first kappa shape index (κ1) is 14.5. The molecule has 0 radical (unpaired) electrons. The molecule has 0 saturated carbocycles. The Labute approximate surface area is 110 Å². The average Bonchev–Trinajstić information content (AvgIpc) is 2.41. The Kier molecular flexibility index (Phi) is 6.90. The Hall–Kier alpha value is -1.53. The Morgan fingerprint density at radius 2 is 2.06 bits per heavy atom. The van der Waals surface area contributed by atoms with E-state index in [4.69, 9.17) is 10.00 Å². The summed E-state index contributed by atoms with van der Waals surface area (Å²) in [5.74, 6) is 0.749. The van der Waals surface area contributed by atoms with Gasteiger partial charge in [0.05, 0.1) is 0 Å². The number of nitrogens with zero attached hydrogens (tertiary/aromatic N) is 1. The Balaban J connectivity index is 2.32. The highest BCUT2D eigenvalue weighted by Crippen LogP contribution is 2.12. The zero-order chi connectivity index (χ0) is 13.2. The minimum atomic E-state index is 0.103. The lowest BCUT2D eigenvalue weighted by Crippen LogP contribution is -2.25. The monoisotopic (exact) mass is 246 g/mol. The molecule has 1 aromatic carbocycles. The van der Waals surface area contributed by atoms with Gasteiger partial charge in [0, 0.05) is 12.6 Å². The second-order valence-electron chi connectivity index (χ2n) is 4.51. The number of hydrogen-bond donors (Lipinski definition) is 1. The van der Waals surface area contributed by atoms with Crippen molar-refractivity contribution < 1.29 is 4.74 Å². The van der Waals surface area contributed by atoms with Crippen molar-refractivity contribution in [3.63, 3.8) is 0 Å². The van der Waals surface area contributed by atoms with Crippen molar-refractivity contribution >= 4 is 0 Å². The summed E-state index contributed by atoms with van der Waals surface area (Å²) in [6.45, 7) is 5.42. The quantitative estimate of drug-likeness (QED) is 0.765. The van der Waals surface area contributed by atoms with Gasteiger partial charge in [-0.2, -0.15) is 5.26 Å². The van der Waals surface area contributed by atoms with E-state index in [1.54, 1.807) is 0 Å². The fourth-order valence-electron chi connectivity index (χ4n) is 1.72. The van der Waals surface area contributed by atoms with Crippen LogP contribution in [0.5, 0.6) is 5.75 Å². The molecular formula is C15H22N2O. The predicted octanol–water partition coefficient (Wildman–Crippen LogP) is 3.26. The van der Waals surface area contributed by atoms with E-state index in [9.17, 15) is 0 Å².